The molecule has 0 spiro atoms. The fourth-order valence-corrected chi connectivity index (χ4v) is 0. The summed E-state index contributed by atoms with van der Waals surface area (Å²) in [5.41, 5.74) is 0. The van der Waals surface area contributed by atoms with E-state index in [9.17, 15) is 0 Å². The fraction of sp³-hybridized carbons (Fsp3) is 0. The summed E-state index contributed by atoms with van der Waals surface area (Å²) in [7, 11) is 0. The van der Waals surface area contributed by atoms with Gasteiger partial charge in [0.1, 0.15) is 33.9 Å². The zero-order chi connectivity index (χ0) is 10.0. The summed E-state index contributed by atoms with van der Waals surface area (Å²) in [6.45, 7) is 10.0. The maximum atomic E-state index is 8.00. The summed E-state index contributed by atoms with van der Waals surface area (Å²) in [5.74, 6) is 0. The molecule has 0 unspecified atom stereocenters. The molecule has 6 heteroatoms. The molecule has 0 rings (SSSR count). The van der Waals surface area contributed by atoms with Crippen molar-refractivity contribution in [1.82, 2.24) is 0 Å². The molecule has 0 saturated heterocycles. The van der Waals surface area contributed by atoms with Crippen molar-refractivity contribution in [3.8, 4) is 0 Å². The molecule has 0 aliphatic carbocycles. The monoisotopic (exact) mass is 331 g/mol. The second kappa shape index (κ2) is 719. The number of rotatable bonds is 0. The van der Waals surface area contributed by atoms with Gasteiger partial charge in [0.15, 0.2) is 0 Å². The van der Waals surface area contributed by atoms with Crippen LogP contribution >= 0.6 is 0 Å². The standard InChI is InChI=1S/5CH2O.Ta/c5*1-2;/h5*1H2;. The van der Waals surface area contributed by atoms with Gasteiger partial charge in [-0.1, -0.05) is 0 Å². The molecule has 65 valence electrons. The fourth-order valence-electron chi connectivity index (χ4n) is 0. The van der Waals surface area contributed by atoms with Crippen LogP contribution < -0.4 is 0 Å². The van der Waals surface area contributed by atoms with Crippen molar-refractivity contribution in [1.29, 1.82) is 0 Å². The molecule has 0 aliphatic rings. The van der Waals surface area contributed by atoms with Crippen molar-refractivity contribution >= 4 is 33.9 Å². The van der Waals surface area contributed by atoms with E-state index in [-0.39, 0.29) is 22.4 Å². The van der Waals surface area contributed by atoms with Crippen molar-refractivity contribution < 1.29 is 46.4 Å². The molecular formula is C5H10O5Ta. The molecule has 0 bridgehead atoms. The first kappa shape index (κ1) is 49.8. The second-order valence-corrected chi connectivity index (χ2v) is 0. The van der Waals surface area contributed by atoms with Crippen molar-refractivity contribution in [3.05, 3.63) is 0 Å². The van der Waals surface area contributed by atoms with Gasteiger partial charge in [-0.15, -0.1) is 0 Å². The van der Waals surface area contributed by atoms with Crippen molar-refractivity contribution in [2.75, 3.05) is 0 Å². The molecule has 0 saturated carbocycles. The second-order valence-electron chi connectivity index (χ2n) is 0. The Morgan fingerprint density at radius 1 is 0.364 bits per heavy atom. The van der Waals surface area contributed by atoms with Gasteiger partial charge in [-0.25, -0.2) is 0 Å². The van der Waals surface area contributed by atoms with Gasteiger partial charge in [0.05, 0.1) is 0 Å². The minimum atomic E-state index is 0. The average Bonchev–Trinajstić information content (AvgIpc) is 2.20. The van der Waals surface area contributed by atoms with Crippen molar-refractivity contribution in [2.45, 2.75) is 0 Å². The SMILES string of the molecule is C=O.C=O.C=O.C=O.C=O.[Ta]. The normalized spacial score (nSPS) is 1.82. The van der Waals surface area contributed by atoms with Crippen molar-refractivity contribution in [3.63, 3.8) is 0 Å². The smallest absolute Gasteiger partial charge is 0.106 e. The number of hydrogen-bond donors (Lipinski definition) is 0. The molecule has 0 aromatic rings. The van der Waals surface area contributed by atoms with E-state index in [4.69, 9.17) is 24.0 Å². The van der Waals surface area contributed by atoms with Gasteiger partial charge in [0, 0.05) is 22.4 Å². The van der Waals surface area contributed by atoms with Gasteiger partial charge < -0.3 is 24.0 Å². The van der Waals surface area contributed by atoms with Crippen LogP contribution in [-0.2, 0) is 46.4 Å². The zero-order valence-corrected chi connectivity index (χ0v) is 9.24. The Morgan fingerprint density at radius 3 is 0.364 bits per heavy atom. The van der Waals surface area contributed by atoms with E-state index < -0.39 is 0 Å². The molecule has 0 N–H and O–H groups in total. The summed E-state index contributed by atoms with van der Waals surface area (Å²) >= 11 is 0. The van der Waals surface area contributed by atoms with E-state index in [1.807, 2.05) is 33.9 Å². The molecular weight excluding hydrogens is 321 g/mol. The van der Waals surface area contributed by atoms with Gasteiger partial charge in [0.2, 0.25) is 0 Å². The van der Waals surface area contributed by atoms with Crippen LogP contribution in [0.25, 0.3) is 0 Å². The van der Waals surface area contributed by atoms with E-state index in [0.29, 0.717) is 0 Å². The molecule has 0 aliphatic heterocycles. The Kier molecular flexibility index (Phi) is 3260. The molecule has 0 heterocycles. The Bertz CT molecular complexity index is 26.4. The predicted octanol–water partition coefficient (Wildman–Crippen LogP) is -0.927. The largest absolute Gasteiger partial charge is 0.307 e. The molecule has 0 amide bonds. The maximum Gasteiger partial charge on any atom is 0.106 e. The molecule has 0 atom stereocenters. The van der Waals surface area contributed by atoms with Gasteiger partial charge >= 0.3 is 0 Å². The first-order valence-corrected chi connectivity index (χ1v) is 1.44. The minimum absolute atomic E-state index is 0. The van der Waals surface area contributed by atoms with Gasteiger partial charge in [0.25, 0.3) is 0 Å². The summed E-state index contributed by atoms with van der Waals surface area (Å²) < 4.78 is 0. The first-order valence-electron chi connectivity index (χ1n) is 1.44. The molecule has 11 heavy (non-hydrogen) atoms. The Morgan fingerprint density at radius 2 is 0.364 bits per heavy atom. The minimum Gasteiger partial charge on any atom is -0.307 e. The summed E-state index contributed by atoms with van der Waals surface area (Å²) in [4.78, 5) is 40.0. The number of carbonyl (C=O) groups is 5. The quantitative estimate of drug-likeness (QED) is 0.573. The van der Waals surface area contributed by atoms with Gasteiger partial charge in [-0.05, 0) is 0 Å². The van der Waals surface area contributed by atoms with Crippen LogP contribution in [0.5, 0.6) is 0 Å². The summed E-state index contributed by atoms with van der Waals surface area (Å²) in [6, 6.07) is 0. The molecule has 1 radical (unpaired) electrons. The van der Waals surface area contributed by atoms with Crippen LogP contribution in [0.15, 0.2) is 0 Å². The zero-order valence-electron chi connectivity index (χ0n) is 6.02. The van der Waals surface area contributed by atoms with E-state index in [1.54, 1.807) is 0 Å². The third-order valence-corrected chi connectivity index (χ3v) is 0. The van der Waals surface area contributed by atoms with Crippen LogP contribution in [0.4, 0.5) is 0 Å². The van der Waals surface area contributed by atoms with Crippen LogP contribution in [-0.4, -0.2) is 33.9 Å². The van der Waals surface area contributed by atoms with E-state index >= 15 is 0 Å². The predicted molar refractivity (Wildman–Crippen MR) is 35.6 cm³/mol. The first-order chi connectivity index (χ1) is 5.00. The van der Waals surface area contributed by atoms with E-state index in [1.165, 1.54) is 0 Å². The Balaban J connectivity index is -0.00000000694. The summed E-state index contributed by atoms with van der Waals surface area (Å²) in [5, 5.41) is 0. The molecule has 5 nitrogen and oxygen atoms in total. The summed E-state index contributed by atoms with van der Waals surface area (Å²) in [6.07, 6.45) is 0. The third kappa shape index (κ3) is 552. The Hall–Kier alpha value is -0.910. The average molecular weight is 331 g/mol. The van der Waals surface area contributed by atoms with Crippen LogP contribution in [0.3, 0.4) is 0 Å². The van der Waals surface area contributed by atoms with E-state index in [0.717, 1.165) is 0 Å². The number of hydrogen-bond acceptors (Lipinski definition) is 5. The van der Waals surface area contributed by atoms with Crippen LogP contribution in [0.1, 0.15) is 0 Å². The number of carbonyl (C=O) groups excluding carboxylic acids is 5. The Labute approximate surface area is 80.7 Å². The third-order valence-electron chi connectivity index (χ3n) is 0. The van der Waals surface area contributed by atoms with Gasteiger partial charge in [-0.3, -0.25) is 0 Å². The van der Waals surface area contributed by atoms with E-state index in [2.05, 4.69) is 0 Å². The molecule has 0 aromatic heterocycles. The van der Waals surface area contributed by atoms with Gasteiger partial charge in [-0.2, -0.15) is 0 Å². The van der Waals surface area contributed by atoms with Crippen LogP contribution in [0.2, 0.25) is 0 Å². The molecule has 0 aromatic carbocycles. The topological polar surface area (TPSA) is 85.3 Å². The van der Waals surface area contributed by atoms with Crippen molar-refractivity contribution in [2.24, 2.45) is 0 Å². The van der Waals surface area contributed by atoms with Crippen LogP contribution in [0, 0.1) is 0 Å². The maximum absolute atomic E-state index is 8.00. The molecule has 0 fully saturated rings.